The van der Waals surface area contributed by atoms with Crippen molar-refractivity contribution in [1.82, 2.24) is 0 Å². The first kappa shape index (κ1) is 13.6. The summed E-state index contributed by atoms with van der Waals surface area (Å²) in [5.41, 5.74) is 1.92. The smallest absolute Gasteiger partial charge is 0.259 e. The lowest BCUT2D eigenvalue weighted by atomic mass is 9.90. The highest BCUT2D eigenvalue weighted by Gasteiger charge is 2.49. The molecule has 1 amide bonds. The molecule has 2 atom stereocenters. The van der Waals surface area contributed by atoms with Gasteiger partial charge in [-0.25, -0.2) is 0 Å². The van der Waals surface area contributed by atoms with Crippen molar-refractivity contribution in [3.8, 4) is 5.75 Å². The summed E-state index contributed by atoms with van der Waals surface area (Å²) in [6.07, 6.45) is -0.422. The standard InChI is InChI=1S/C17H17NO3/c1-20-14-10-8-13(9-11-14)18-15(16(21-2)17(18)19)12-6-4-3-5-7-12/h3-11,15-16H,1-2H3/t15-,16-/m1/s1. The number of nitrogens with zero attached hydrogens (tertiary/aromatic N) is 1. The second-order valence-corrected chi connectivity index (χ2v) is 4.92. The number of β-lactam (4-membered cyclic amide) rings is 1. The zero-order valence-electron chi connectivity index (χ0n) is 12.0. The zero-order chi connectivity index (χ0) is 14.8. The normalized spacial score (nSPS) is 21.0. The number of anilines is 1. The Bertz CT molecular complexity index is 624. The first-order chi connectivity index (χ1) is 10.3. The van der Waals surface area contributed by atoms with Crippen molar-refractivity contribution >= 4 is 11.6 Å². The van der Waals surface area contributed by atoms with Gasteiger partial charge in [0.15, 0.2) is 6.10 Å². The van der Waals surface area contributed by atoms with Gasteiger partial charge >= 0.3 is 0 Å². The lowest BCUT2D eigenvalue weighted by molar-refractivity contribution is -0.139. The van der Waals surface area contributed by atoms with E-state index in [1.165, 1.54) is 0 Å². The summed E-state index contributed by atoms with van der Waals surface area (Å²) in [6.45, 7) is 0. The average molecular weight is 283 g/mol. The first-order valence-corrected chi connectivity index (χ1v) is 6.81. The van der Waals surface area contributed by atoms with Crippen LogP contribution in [0.25, 0.3) is 0 Å². The van der Waals surface area contributed by atoms with E-state index in [4.69, 9.17) is 9.47 Å². The van der Waals surface area contributed by atoms with Crippen molar-refractivity contribution in [3.05, 3.63) is 60.2 Å². The molecular weight excluding hydrogens is 266 g/mol. The molecule has 1 aliphatic heterocycles. The van der Waals surface area contributed by atoms with Crippen LogP contribution in [0.15, 0.2) is 54.6 Å². The summed E-state index contributed by atoms with van der Waals surface area (Å²) in [5, 5.41) is 0. The Hall–Kier alpha value is -2.33. The van der Waals surface area contributed by atoms with Gasteiger partial charge < -0.3 is 9.47 Å². The number of hydrogen-bond donors (Lipinski definition) is 0. The molecule has 0 unspecified atom stereocenters. The molecule has 0 aliphatic carbocycles. The van der Waals surface area contributed by atoms with Crippen LogP contribution in [0.2, 0.25) is 0 Å². The number of hydrogen-bond acceptors (Lipinski definition) is 3. The second-order valence-electron chi connectivity index (χ2n) is 4.92. The van der Waals surface area contributed by atoms with E-state index < -0.39 is 6.10 Å². The van der Waals surface area contributed by atoms with E-state index in [0.29, 0.717) is 0 Å². The predicted molar refractivity (Wildman–Crippen MR) is 80.5 cm³/mol. The van der Waals surface area contributed by atoms with Gasteiger partial charge in [-0.3, -0.25) is 9.69 Å². The number of rotatable bonds is 4. The molecule has 0 N–H and O–H groups in total. The molecule has 0 spiro atoms. The molecule has 0 aromatic heterocycles. The quantitative estimate of drug-likeness (QED) is 0.810. The van der Waals surface area contributed by atoms with Gasteiger partial charge in [-0.1, -0.05) is 30.3 Å². The number of amides is 1. The Kier molecular flexibility index (Phi) is 3.62. The van der Waals surface area contributed by atoms with Crippen molar-refractivity contribution in [2.45, 2.75) is 12.1 Å². The van der Waals surface area contributed by atoms with Gasteiger partial charge in [-0.2, -0.15) is 0 Å². The minimum atomic E-state index is -0.422. The van der Waals surface area contributed by atoms with E-state index in [0.717, 1.165) is 17.0 Å². The molecular formula is C17H17NO3. The maximum absolute atomic E-state index is 12.3. The summed E-state index contributed by atoms with van der Waals surface area (Å²) in [6, 6.07) is 17.3. The molecule has 108 valence electrons. The Labute approximate surface area is 123 Å². The fourth-order valence-corrected chi connectivity index (χ4v) is 2.70. The molecule has 0 bridgehead atoms. The van der Waals surface area contributed by atoms with E-state index in [2.05, 4.69) is 0 Å². The number of carbonyl (C=O) groups is 1. The molecule has 1 heterocycles. The zero-order valence-corrected chi connectivity index (χ0v) is 12.0. The summed E-state index contributed by atoms with van der Waals surface area (Å²) >= 11 is 0. The Morgan fingerprint density at radius 1 is 0.952 bits per heavy atom. The fraction of sp³-hybridized carbons (Fsp3) is 0.235. The van der Waals surface area contributed by atoms with E-state index in [1.54, 1.807) is 19.1 Å². The Morgan fingerprint density at radius 3 is 2.19 bits per heavy atom. The van der Waals surface area contributed by atoms with E-state index in [-0.39, 0.29) is 11.9 Å². The molecule has 3 rings (SSSR count). The molecule has 1 saturated heterocycles. The van der Waals surface area contributed by atoms with Gasteiger partial charge in [0.1, 0.15) is 5.75 Å². The van der Waals surface area contributed by atoms with E-state index in [1.807, 2.05) is 54.6 Å². The van der Waals surface area contributed by atoms with Crippen LogP contribution in [0, 0.1) is 0 Å². The van der Waals surface area contributed by atoms with E-state index in [9.17, 15) is 4.79 Å². The third kappa shape index (κ3) is 2.28. The fourth-order valence-electron chi connectivity index (χ4n) is 2.70. The average Bonchev–Trinajstić information content (AvgIpc) is 2.54. The van der Waals surface area contributed by atoms with Gasteiger partial charge in [0.05, 0.1) is 13.2 Å². The van der Waals surface area contributed by atoms with Crippen LogP contribution in [-0.2, 0) is 9.53 Å². The SMILES string of the molecule is COc1ccc(N2C(=O)[C@H](OC)[C@H]2c2ccccc2)cc1. The van der Waals surface area contributed by atoms with E-state index >= 15 is 0 Å². The van der Waals surface area contributed by atoms with Crippen molar-refractivity contribution < 1.29 is 14.3 Å². The van der Waals surface area contributed by atoms with Crippen molar-refractivity contribution in [3.63, 3.8) is 0 Å². The molecule has 4 nitrogen and oxygen atoms in total. The lowest BCUT2D eigenvalue weighted by Crippen LogP contribution is -2.59. The first-order valence-electron chi connectivity index (χ1n) is 6.81. The number of methoxy groups -OCH3 is 2. The van der Waals surface area contributed by atoms with Gasteiger partial charge in [-0.15, -0.1) is 0 Å². The summed E-state index contributed by atoms with van der Waals surface area (Å²) in [5.74, 6) is 0.753. The lowest BCUT2D eigenvalue weighted by Gasteiger charge is -2.46. The largest absolute Gasteiger partial charge is 0.497 e. The molecule has 21 heavy (non-hydrogen) atoms. The van der Waals surface area contributed by atoms with Crippen molar-refractivity contribution in [2.24, 2.45) is 0 Å². The molecule has 2 aromatic carbocycles. The van der Waals surface area contributed by atoms with Crippen LogP contribution in [0.1, 0.15) is 11.6 Å². The molecule has 0 radical (unpaired) electrons. The van der Waals surface area contributed by atoms with Crippen LogP contribution < -0.4 is 9.64 Å². The molecule has 1 fully saturated rings. The number of carbonyl (C=O) groups excluding carboxylic acids is 1. The molecule has 4 heteroatoms. The van der Waals surface area contributed by atoms with Crippen LogP contribution >= 0.6 is 0 Å². The molecule has 1 aliphatic rings. The summed E-state index contributed by atoms with van der Waals surface area (Å²) in [4.78, 5) is 14.1. The number of benzene rings is 2. The molecule has 2 aromatic rings. The van der Waals surface area contributed by atoms with Crippen molar-refractivity contribution in [1.29, 1.82) is 0 Å². The third-order valence-electron chi connectivity index (χ3n) is 3.79. The van der Waals surface area contributed by atoms with Gasteiger partial charge in [0.2, 0.25) is 0 Å². The highest BCUT2D eigenvalue weighted by molar-refractivity contribution is 6.05. The van der Waals surface area contributed by atoms with Crippen molar-refractivity contribution in [2.75, 3.05) is 19.1 Å². The minimum Gasteiger partial charge on any atom is -0.497 e. The Morgan fingerprint density at radius 2 is 1.62 bits per heavy atom. The third-order valence-corrected chi connectivity index (χ3v) is 3.79. The maximum Gasteiger partial charge on any atom is 0.259 e. The monoisotopic (exact) mass is 283 g/mol. The summed E-state index contributed by atoms with van der Waals surface area (Å²) in [7, 11) is 3.20. The highest BCUT2D eigenvalue weighted by atomic mass is 16.5. The van der Waals surface area contributed by atoms with Crippen LogP contribution in [0.3, 0.4) is 0 Å². The second kappa shape index (κ2) is 5.58. The maximum atomic E-state index is 12.3. The van der Waals surface area contributed by atoms with Gasteiger partial charge in [-0.05, 0) is 29.8 Å². The summed E-state index contributed by atoms with van der Waals surface area (Å²) < 4.78 is 10.5. The topological polar surface area (TPSA) is 38.8 Å². The number of ether oxygens (including phenoxy) is 2. The van der Waals surface area contributed by atoms with Crippen LogP contribution in [0.4, 0.5) is 5.69 Å². The van der Waals surface area contributed by atoms with Crippen LogP contribution in [0.5, 0.6) is 5.75 Å². The molecule has 0 saturated carbocycles. The highest BCUT2D eigenvalue weighted by Crippen LogP contribution is 2.40. The van der Waals surface area contributed by atoms with Gasteiger partial charge in [0.25, 0.3) is 5.91 Å². The van der Waals surface area contributed by atoms with Crippen LogP contribution in [-0.4, -0.2) is 26.2 Å². The minimum absolute atomic E-state index is 0.0171. The Balaban J connectivity index is 1.94. The predicted octanol–water partition coefficient (Wildman–Crippen LogP) is 2.80. The van der Waals surface area contributed by atoms with Gasteiger partial charge in [0, 0.05) is 12.8 Å².